The van der Waals surface area contributed by atoms with Crippen LogP contribution in [0, 0.1) is 0 Å². The molecule has 2 amide bonds. The predicted molar refractivity (Wildman–Crippen MR) is 97.9 cm³/mol. The number of nitrogens with zero attached hydrogens (tertiary/aromatic N) is 1. The molecule has 0 saturated carbocycles. The smallest absolute Gasteiger partial charge is 0.274 e. The monoisotopic (exact) mass is 332 g/mol. The highest BCUT2D eigenvalue weighted by Crippen LogP contribution is 2.35. The van der Waals surface area contributed by atoms with Crippen molar-refractivity contribution in [2.45, 2.75) is 31.4 Å². The Labute approximate surface area is 142 Å². The minimum atomic E-state index is -0.546. The van der Waals surface area contributed by atoms with E-state index in [1.807, 2.05) is 36.4 Å². The van der Waals surface area contributed by atoms with Crippen LogP contribution in [0.3, 0.4) is 0 Å². The highest BCUT2D eigenvalue weighted by Gasteiger charge is 2.17. The Hall–Kier alpha value is -2.02. The number of anilines is 1. The van der Waals surface area contributed by atoms with Crippen LogP contribution in [-0.2, 0) is 12.2 Å². The van der Waals surface area contributed by atoms with E-state index in [1.165, 1.54) is 5.56 Å². The van der Waals surface area contributed by atoms with Gasteiger partial charge in [0.1, 0.15) is 0 Å². The zero-order valence-electron chi connectivity index (χ0n) is 12.5. The lowest BCUT2D eigenvalue weighted by Gasteiger charge is -2.21. The van der Waals surface area contributed by atoms with Gasteiger partial charge in [-0.25, -0.2) is 21.5 Å². The maximum absolute atomic E-state index is 11.7. The van der Waals surface area contributed by atoms with Crippen molar-refractivity contribution < 1.29 is 4.79 Å². The van der Waals surface area contributed by atoms with E-state index >= 15 is 0 Å². The topological polar surface area (TPSA) is 84.4 Å². The third kappa shape index (κ3) is 4.72. The molecule has 0 spiro atoms. The number of hydrogen-bond acceptors (Lipinski definition) is 4. The Balaban J connectivity index is 0.00000264. The first-order chi connectivity index (χ1) is 10.7. The molecule has 2 rings (SSSR count). The van der Waals surface area contributed by atoms with Crippen LogP contribution >= 0.6 is 11.8 Å². The second-order valence-electron chi connectivity index (χ2n) is 4.71. The maximum atomic E-state index is 11.7. The molecule has 0 radical (unpaired) electrons. The average molecular weight is 332 g/mol. The summed E-state index contributed by atoms with van der Waals surface area (Å²) in [6, 6.07) is 15.4. The van der Waals surface area contributed by atoms with Gasteiger partial charge in [-0.1, -0.05) is 56.8 Å². The molecule has 0 heterocycles. The molecule has 0 fully saturated rings. The number of nitrogens with one attached hydrogen (secondary N) is 1. The standard InChI is InChI=1S/C16H20N4OS.CH4/c1-2-13-9-6-10-14(20(18)16(21)19-17)15(13)22-11-12-7-4-3-5-8-12;/h3-10H,2,11,17-18H2,1H3,(H,19,21);1H4. The molecule has 2 aromatic rings. The van der Waals surface area contributed by atoms with E-state index in [0.29, 0.717) is 5.69 Å². The number of nitrogens with two attached hydrogens (primary N) is 2. The van der Waals surface area contributed by atoms with E-state index < -0.39 is 6.03 Å². The van der Waals surface area contributed by atoms with Crippen LogP contribution in [-0.4, -0.2) is 6.03 Å². The summed E-state index contributed by atoms with van der Waals surface area (Å²) in [7, 11) is 0. The number of aryl methyl sites for hydroxylation is 1. The van der Waals surface area contributed by atoms with Crippen molar-refractivity contribution in [2.24, 2.45) is 11.7 Å². The Bertz CT molecular complexity index is 634. The van der Waals surface area contributed by atoms with Crippen LogP contribution in [0.15, 0.2) is 53.4 Å². The zero-order chi connectivity index (χ0) is 15.9. The van der Waals surface area contributed by atoms with Gasteiger partial charge in [0.15, 0.2) is 0 Å². The van der Waals surface area contributed by atoms with Crippen LogP contribution in [0.4, 0.5) is 10.5 Å². The number of benzene rings is 2. The highest BCUT2D eigenvalue weighted by atomic mass is 32.2. The van der Waals surface area contributed by atoms with Crippen LogP contribution in [0.5, 0.6) is 0 Å². The van der Waals surface area contributed by atoms with Gasteiger partial charge in [-0.05, 0) is 23.6 Å². The molecule has 124 valence electrons. The van der Waals surface area contributed by atoms with E-state index in [1.54, 1.807) is 11.8 Å². The SMILES string of the molecule is C.CCc1cccc(N(N)C(=O)NN)c1SCc1ccccc1. The van der Waals surface area contributed by atoms with Crippen LogP contribution in [0.2, 0.25) is 0 Å². The van der Waals surface area contributed by atoms with Crippen LogP contribution in [0.25, 0.3) is 0 Å². The largest absolute Gasteiger partial charge is 0.350 e. The number of thioether (sulfide) groups is 1. The summed E-state index contributed by atoms with van der Waals surface area (Å²) in [5.41, 5.74) is 5.08. The van der Waals surface area contributed by atoms with Crippen LogP contribution < -0.4 is 22.1 Å². The van der Waals surface area contributed by atoms with Crippen molar-refractivity contribution in [1.82, 2.24) is 5.43 Å². The number of hydrogen-bond donors (Lipinski definition) is 3. The second-order valence-corrected chi connectivity index (χ2v) is 5.70. The van der Waals surface area contributed by atoms with Gasteiger partial charge in [-0.2, -0.15) is 0 Å². The Morgan fingerprint density at radius 2 is 1.87 bits per heavy atom. The molecule has 0 aliphatic heterocycles. The van der Waals surface area contributed by atoms with Crippen molar-refractivity contribution in [2.75, 3.05) is 5.01 Å². The summed E-state index contributed by atoms with van der Waals surface area (Å²) in [6.07, 6.45) is 0.864. The third-order valence-electron chi connectivity index (χ3n) is 3.28. The summed E-state index contributed by atoms with van der Waals surface area (Å²) in [6.45, 7) is 2.08. The Morgan fingerprint density at radius 1 is 1.17 bits per heavy atom. The number of hydrazine groups is 2. The van der Waals surface area contributed by atoms with E-state index in [4.69, 9.17) is 11.7 Å². The summed E-state index contributed by atoms with van der Waals surface area (Å²) in [5, 5.41) is 1.05. The second kappa shape index (κ2) is 9.19. The fourth-order valence-electron chi connectivity index (χ4n) is 2.11. The van der Waals surface area contributed by atoms with Gasteiger partial charge < -0.3 is 0 Å². The minimum Gasteiger partial charge on any atom is -0.274 e. The summed E-state index contributed by atoms with van der Waals surface area (Å²) >= 11 is 1.67. The average Bonchev–Trinajstić information content (AvgIpc) is 2.59. The van der Waals surface area contributed by atoms with E-state index in [9.17, 15) is 4.79 Å². The third-order valence-corrected chi connectivity index (χ3v) is 4.52. The number of carbonyl (C=O) groups excluding carboxylic acids is 1. The van der Waals surface area contributed by atoms with E-state index in [2.05, 4.69) is 24.5 Å². The molecule has 5 nitrogen and oxygen atoms in total. The lowest BCUT2D eigenvalue weighted by atomic mass is 10.1. The predicted octanol–water partition coefficient (Wildman–Crippen LogP) is 3.44. The molecule has 5 N–H and O–H groups in total. The Kier molecular flexibility index (Phi) is 7.61. The van der Waals surface area contributed by atoms with Gasteiger partial charge in [-0.3, -0.25) is 5.43 Å². The van der Waals surface area contributed by atoms with Crippen molar-refractivity contribution in [3.63, 3.8) is 0 Å². The van der Waals surface area contributed by atoms with E-state index in [-0.39, 0.29) is 7.43 Å². The first kappa shape index (κ1) is 19.0. The first-order valence-electron chi connectivity index (χ1n) is 7.01. The number of amides is 2. The molecule has 0 aliphatic rings. The van der Waals surface area contributed by atoms with Crippen molar-refractivity contribution in [1.29, 1.82) is 0 Å². The summed E-state index contributed by atoms with van der Waals surface area (Å²) < 4.78 is 0. The van der Waals surface area contributed by atoms with Gasteiger partial charge in [0.05, 0.1) is 5.69 Å². The van der Waals surface area contributed by atoms with Crippen molar-refractivity contribution >= 4 is 23.5 Å². The van der Waals surface area contributed by atoms with Crippen LogP contribution in [0.1, 0.15) is 25.5 Å². The number of carbonyl (C=O) groups is 1. The molecule has 0 unspecified atom stereocenters. The van der Waals surface area contributed by atoms with Gasteiger partial charge in [-0.15, -0.1) is 11.8 Å². The molecule has 0 aromatic heterocycles. The fraction of sp³-hybridized carbons (Fsp3) is 0.235. The molecule has 6 heteroatoms. The quantitative estimate of drug-likeness (QED) is 0.339. The molecular weight excluding hydrogens is 308 g/mol. The van der Waals surface area contributed by atoms with Crippen molar-refractivity contribution in [3.8, 4) is 0 Å². The van der Waals surface area contributed by atoms with Gasteiger partial charge in [0.25, 0.3) is 0 Å². The Morgan fingerprint density at radius 3 is 2.48 bits per heavy atom. The number of rotatable bonds is 5. The lowest BCUT2D eigenvalue weighted by Crippen LogP contribution is -2.47. The molecule has 0 bridgehead atoms. The zero-order valence-corrected chi connectivity index (χ0v) is 13.3. The summed E-state index contributed by atoms with van der Waals surface area (Å²) in [5.74, 6) is 11.8. The molecule has 0 saturated heterocycles. The molecule has 0 aliphatic carbocycles. The summed E-state index contributed by atoms with van der Waals surface area (Å²) in [4.78, 5) is 12.7. The van der Waals surface area contributed by atoms with Gasteiger partial charge in [0, 0.05) is 10.6 Å². The first-order valence-corrected chi connectivity index (χ1v) is 8.00. The van der Waals surface area contributed by atoms with Gasteiger partial charge in [0.2, 0.25) is 0 Å². The highest BCUT2D eigenvalue weighted by molar-refractivity contribution is 7.98. The van der Waals surface area contributed by atoms with Crippen molar-refractivity contribution in [3.05, 3.63) is 59.7 Å². The molecular formula is C17H24N4OS. The lowest BCUT2D eigenvalue weighted by molar-refractivity contribution is 0.246. The molecule has 2 aromatic carbocycles. The molecule has 23 heavy (non-hydrogen) atoms. The number of urea groups is 1. The normalized spacial score (nSPS) is 9.87. The fourth-order valence-corrected chi connectivity index (χ4v) is 3.33. The minimum absolute atomic E-state index is 0. The molecule has 0 atom stereocenters. The maximum Gasteiger partial charge on any atom is 0.350 e. The van der Waals surface area contributed by atoms with Gasteiger partial charge >= 0.3 is 6.03 Å². The van der Waals surface area contributed by atoms with E-state index in [0.717, 1.165) is 27.6 Å².